The fourth-order valence-corrected chi connectivity index (χ4v) is 2.42. The lowest BCUT2D eigenvalue weighted by atomic mass is 10.0. The van der Waals surface area contributed by atoms with E-state index in [1.165, 1.54) is 0 Å². The molecular formula is C16H17ClN2O2. The Morgan fingerprint density at radius 2 is 1.86 bits per heavy atom. The Morgan fingerprint density at radius 3 is 2.48 bits per heavy atom. The van der Waals surface area contributed by atoms with Gasteiger partial charge in [0.1, 0.15) is 0 Å². The number of nitrogens with one attached hydrogen (secondary N) is 1. The minimum absolute atomic E-state index is 0.0378. The zero-order valence-corrected chi connectivity index (χ0v) is 12.9. The molecule has 5 heteroatoms. The van der Waals surface area contributed by atoms with Crippen LogP contribution in [-0.2, 0) is 0 Å². The lowest BCUT2D eigenvalue weighted by Crippen LogP contribution is -2.08. The van der Waals surface area contributed by atoms with Gasteiger partial charge >= 0.3 is 0 Å². The van der Waals surface area contributed by atoms with Gasteiger partial charge in [0.2, 0.25) is 0 Å². The van der Waals surface area contributed by atoms with E-state index in [0.29, 0.717) is 10.6 Å². The highest BCUT2D eigenvalue weighted by Gasteiger charge is 2.14. The summed E-state index contributed by atoms with van der Waals surface area (Å²) in [6, 6.07) is 10.9. The lowest BCUT2D eigenvalue weighted by molar-refractivity contribution is -0.385. The number of halogens is 1. The zero-order valence-electron chi connectivity index (χ0n) is 12.2. The molecule has 2 aromatic carbocycles. The van der Waals surface area contributed by atoms with Crippen molar-refractivity contribution in [2.45, 2.75) is 26.8 Å². The fourth-order valence-electron chi connectivity index (χ4n) is 2.20. The van der Waals surface area contributed by atoms with Crippen molar-refractivity contribution < 1.29 is 4.92 Å². The highest BCUT2D eigenvalue weighted by Crippen LogP contribution is 2.27. The fraction of sp³-hybridized carbons (Fsp3) is 0.250. The van der Waals surface area contributed by atoms with Crippen LogP contribution >= 0.6 is 11.6 Å². The average molecular weight is 305 g/mol. The summed E-state index contributed by atoms with van der Waals surface area (Å²) >= 11 is 5.94. The van der Waals surface area contributed by atoms with E-state index < -0.39 is 0 Å². The Morgan fingerprint density at radius 1 is 1.14 bits per heavy atom. The van der Waals surface area contributed by atoms with E-state index in [-0.39, 0.29) is 16.7 Å². The van der Waals surface area contributed by atoms with Crippen molar-refractivity contribution >= 4 is 23.0 Å². The molecule has 4 nitrogen and oxygen atoms in total. The molecule has 0 spiro atoms. The number of nitro groups is 1. The molecule has 0 saturated heterocycles. The molecule has 0 aliphatic carbocycles. The summed E-state index contributed by atoms with van der Waals surface area (Å²) in [4.78, 5) is 10.7. The number of anilines is 1. The number of rotatable bonds is 4. The minimum atomic E-state index is -0.348. The zero-order chi connectivity index (χ0) is 15.6. The first kappa shape index (κ1) is 15.3. The number of hydrogen-bond donors (Lipinski definition) is 1. The van der Waals surface area contributed by atoms with Crippen LogP contribution in [0.2, 0.25) is 5.02 Å². The number of aryl methyl sites for hydroxylation is 2. The van der Waals surface area contributed by atoms with Gasteiger partial charge in [-0.15, -0.1) is 0 Å². The summed E-state index contributed by atoms with van der Waals surface area (Å²) in [6.07, 6.45) is 0. The van der Waals surface area contributed by atoms with Gasteiger partial charge in [-0.05, 0) is 50.1 Å². The van der Waals surface area contributed by atoms with Crippen molar-refractivity contribution in [2.24, 2.45) is 0 Å². The van der Waals surface area contributed by atoms with E-state index in [1.54, 1.807) is 19.1 Å². The molecule has 1 unspecified atom stereocenters. The monoisotopic (exact) mass is 304 g/mol. The van der Waals surface area contributed by atoms with E-state index in [1.807, 2.05) is 38.1 Å². The van der Waals surface area contributed by atoms with Gasteiger partial charge in [-0.1, -0.05) is 23.7 Å². The Labute approximate surface area is 128 Å². The first-order chi connectivity index (χ1) is 9.88. The van der Waals surface area contributed by atoms with E-state index in [9.17, 15) is 10.1 Å². The van der Waals surface area contributed by atoms with Gasteiger partial charge in [-0.3, -0.25) is 10.1 Å². The number of nitrogens with zero attached hydrogens (tertiary/aromatic N) is 1. The van der Waals surface area contributed by atoms with Gasteiger partial charge in [0.05, 0.1) is 4.92 Å². The molecule has 110 valence electrons. The molecule has 0 aliphatic heterocycles. The predicted octanol–water partition coefficient (Wildman–Crippen LogP) is 5.04. The molecule has 0 heterocycles. The van der Waals surface area contributed by atoms with Gasteiger partial charge in [0.15, 0.2) is 0 Å². The van der Waals surface area contributed by atoms with Crippen LogP contribution in [0.4, 0.5) is 11.4 Å². The maximum Gasteiger partial charge on any atom is 0.272 e. The van der Waals surface area contributed by atoms with Gasteiger partial charge in [0.25, 0.3) is 5.69 Å². The maximum absolute atomic E-state index is 11.0. The van der Waals surface area contributed by atoms with Gasteiger partial charge < -0.3 is 5.32 Å². The van der Waals surface area contributed by atoms with Crippen LogP contribution < -0.4 is 5.32 Å². The second-order valence-corrected chi connectivity index (χ2v) is 5.56. The van der Waals surface area contributed by atoms with Crippen LogP contribution in [0.3, 0.4) is 0 Å². The second kappa shape index (κ2) is 6.14. The van der Waals surface area contributed by atoms with E-state index in [4.69, 9.17) is 11.6 Å². The van der Waals surface area contributed by atoms with Crippen LogP contribution in [-0.4, -0.2) is 4.92 Å². The number of hydrogen-bond acceptors (Lipinski definition) is 3. The summed E-state index contributed by atoms with van der Waals surface area (Å²) in [5.41, 5.74) is 3.69. The molecule has 0 saturated carbocycles. The lowest BCUT2D eigenvalue weighted by Gasteiger charge is -2.18. The average Bonchev–Trinajstić information content (AvgIpc) is 2.42. The van der Waals surface area contributed by atoms with Crippen LogP contribution in [0.1, 0.15) is 29.7 Å². The van der Waals surface area contributed by atoms with Gasteiger partial charge in [-0.2, -0.15) is 0 Å². The third-order valence-electron chi connectivity index (χ3n) is 3.49. The second-order valence-electron chi connectivity index (χ2n) is 5.13. The maximum atomic E-state index is 11.0. The Hall–Kier alpha value is -2.07. The third-order valence-corrected chi connectivity index (χ3v) is 3.73. The first-order valence-corrected chi connectivity index (χ1v) is 7.04. The topological polar surface area (TPSA) is 55.2 Å². The molecule has 2 rings (SSSR count). The van der Waals surface area contributed by atoms with Gasteiger partial charge in [0, 0.05) is 28.4 Å². The summed E-state index contributed by atoms with van der Waals surface area (Å²) in [7, 11) is 0. The summed E-state index contributed by atoms with van der Waals surface area (Å²) < 4.78 is 0. The summed E-state index contributed by atoms with van der Waals surface area (Å²) in [5.74, 6) is 0. The molecule has 0 radical (unpaired) electrons. The Balaban J connectivity index is 2.26. The number of benzene rings is 2. The Bertz CT molecular complexity index is 686. The Kier molecular flexibility index (Phi) is 4.48. The summed E-state index contributed by atoms with van der Waals surface area (Å²) in [5, 5.41) is 15.1. The molecule has 1 atom stereocenters. The van der Waals surface area contributed by atoms with Crippen molar-refractivity contribution in [1.29, 1.82) is 0 Å². The predicted molar refractivity (Wildman–Crippen MR) is 86.1 cm³/mol. The van der Waals surface area contributed by atoms with Crippen molar-refractivity contribution in [3.05, 3.63) is 68.2 Å². The van der Waals surface area contributed by atoms with Crippen molar-refractivity contribution in [3.8, 4) is 0 Å². The highest BCUT2D eigenvalue weighted by molar-refractivity contribution is 6.30. The van der Waals surface area contributed by atoms with Crippen LogP contribution in [0.15, 0.2) is 36.4 Å². The number of nitro benzene ring substituents is 1. The van der Waals surface area contributed by atoms with Crippen LogP contribution in [0.25, 0.3) is 0 Å². The molecule has 0 aromatic heterocycles. The van der Waals surface area contributed by atoms with E-state index in [2.05, 4.69) is 5.32 Å². The SMILES string of the molecule is Cc1cc(Cl)ccc1NC(C)c1ccc(C)c([N+](=O)[O-])c1. The smallest absolute Gasteiger partial charge is 0.272 e. The molecule has 0 bridgehead atoms. The first-order valence-electron chi connectivity index (χ1n) is 6.66. The molecule has 1 N–H and O–H groups in total. The molecule has 0 amide bonds. The standard InChI is InChI=1S/C16H17ClN2O2/c1-10-4-5-13(9-16(10)19(20)21)12(3)18-15-7-6-14(17)8-11(15)2/h4-9,12,18H,1-3H3. The molecular weight excluding hydrogens is 288 g/mol. The highest BCUT2D eigenvalue weighted by atomic mass is 35.5. The van der Waals surface area contributed by atoms with Gasteiger partial charge in [-0.25, -0.2) is 0 Å². The van der Waals surface area contributed by atoms with Crippen LogP contribution in [0, 0.1) is 24.0 Å². The largest absolute Gasteiger partial charge is 0.378 e. The molecule has 0 fully saturated rings. The van der Waals surface area contributed by atoms with Crippen molar-refractivity contribution in [1.82, 2.24) is 0 Å². The van der Waals surface area contributed by atoms with E-state index in [0.717, 1.165) is 16.8 Å². The van der Waals surface area contributed by atoms with E-state index >= 15 is 0 Å². The van der Waals surface area contributed by atoms with Crippen LogP contribution in [0.5, 0.6) is 0 Å². The molecule has 2 aromatic rings. The quantitative estimate of drug-likeness (QED) is 0.636. The third kappa shape index (κ3) is 3.52. The normalized spacial score (nSPS) is 12.0. The molecule has 21 heavy (non-hydrogen) atoms. The van der Waals surface area contributed by atoms with Crippen molar-refractivity contribution in [3.63, 3.8) is 0 Å². The molecule has 0 aliphatic rings. The summed E-state index contributed by atoms with van der Waals surface area (Å²) in [6.45, 7) is 5.68. The van der Waals surface area contributed by atoms with Crippen molar-refractivity contribution in [2.75, 3.05) is 5.32 Å². The minimum Gasteiger partial charge on any atom is -0.378 e.